The van der Waals surface area contributed by atoms with Crippen molar-refractivity contribution in [2.24, 2.45) is 0 Å². The predicted molar refractivity (Wildman–Crippen MR) is 126 cm³/mol. The number of benzene rings is 1. The first-order valence-electron chi connectivity index (χ1n) is 9.87. The van der Waals surface area contributed by atoms with Crippen LogP contribution in [0.15, 0.2) is 35.6 Å². The molecule has 1 aromatic rings. The van der Waals surface area contributed by atoms with Gasteiger partial charge in [-0.1, -0.05) is 18.2 Å². The first-order chi connectivity index (χ1) is 14.8. The number of allylic oxidation sites excluding steroid dienone is 2. The topological polar surface area (TPSA) is 79.8 Å². The summed E-state index contributed by atoms with van der Waals surface area (Å²) in [5.74, 6) is 1.49. The molecule has 0 heterocycles. The summed E-state index contributed by atoms with van der Waals surface area (Å²) in [7, 11) is 4.76. The van der Waals surface area contributed by atoms with E-state index in [0.717, 1.165) is 22.3 Å². The molecule has 1 N–H and O–H groups in total. The van der Waals surface area contributed by atoms with Crippen LogP contribution in [0.4, 0.5) is 0 Å². The lowest BCUT2D eigenvalue weighted by molar-refractivity contribution is -0.305. The number of fused-ring (bicyclic) bond motifs is 2. The zero-order chi connectivity index (χ0) is 22.8. The van der Waals surface area contributed by atoms with Crippen LogP contribution in [0.2, 0.25) is 0 Å². The summed E-state index contributed by atoms with van der Waals surface area (Å²) in [6, 6.07) is 1.66. The summed E-state index contributed by atoms with van der Waals surface area (Å²) in [5, 5.41) is 16.3. The number of hydrogen-bond acceptors (Lipinski definition) is 7. The Bertz CT molecular complexity index is 963. The van der Waals surface area contributed by atoms with Gasteiger partial charge in [-0.15, -0.1) is 29.3 Å². The van der Waals surface area contributed by atoms with Crippen molar-refractivity contribution < 1.29 is 24.1 Å². The van der Waals surface area contributed by atoms with E-state index in [1.54, 1.807) is 27.4 Å². The molecular weight excluding hydrogens is 434 g/mol. The maximum absolute atomic E-state index is 13.3. The third-order valence-electron chi connectivity index (χ3n) is 5.65. The first kappa shape index (κ1) is 23.5. The minimum atomic E-state index is -0.725. The van der Waals surface area contributed by atoms with E-state index in [-0.39, 0.29) is 17.7 Å². The number of rotatable bonds is 6. The standard InChI is InChI=1S/C23H29NO5S2/c1-13(25)24-17-8-7-14-11-18(27-2)21(28-3)22(29-4)20(14)15-9-10-23(30-5,31-6)19(26)12-16(15)17/h9-12,17,26H,7-8H2,1-6H3,(H,24,25)/p-1/t17-/m0/s1. The quantitative estimate of drug-likeness (QED) is 0.651. The van der Waals surface area contributed by atoms with E-state index in [1.165, 1.54) is 30.4 Å². The fourth-order valence-corrected chi connectivity index (χ4v) is 5.77. The molecule has 0 aliphatic heterocycles. The number of methoxy groups -OCH3 is 3. The van der Waals surface area contributed by atoms with Gasteiger partial charge >= 0.3 is 0 Å². The lowest BCUT2D eigenvalue weighted by Crippen LogP contribution is -2.35. The van der Waals surface area contributed by atoms with Gasteiger partial charge in [-0.3, -0.25) is 4.79 Å². The molecule has 0 unspecified atom stereocenters. The normalized spacial score (nSPS) is 19.4. The highest BCUT2D eigenvalue weighted by molar-refractivity contribution is 8.18. The Morgan fingerprint density at radius 2 is 1.84 bits per heavy atom. The number of aryl methyl sites for hydroxylation is 1. The van der Waals surface area contributed by atoms with Crippen LogP contribution in [-0.2, 0) is 11.2 Å². The Labute approximate surface area is 192 Å². The smallest absolute Gasteiger partial charge is 0.217 e. The van der Waals surface area contributed by atoms with E-state index in [1.807, 2.05) is 30.7 Å². The summed E-state index contributed by atoms with van der Waals surface area (Å²) in [5.41, 5.74) is 3.51. The first-order valence-corrected chi connectivity index (χ1v) is 12.3. The lowest BCUT2D eigenvalue weighted by Gasteiger charge is -2.34. The number of thioether (sulfide) groups is 2. The molecule has 1 amide bonds. The van der Waals surface area contributed by atoms with Crippen molar-refractivity contribution in [1.82, 2.24) is 5.32 Å². The molecule has 3 rings (SSSR count). The number of ether oxygens (including phenoxy) is 3. The third-order valence-corrected chi connectivity index (χ3v) is 8.54. The molecule has 0 spiro atoms. The maximum atomic E-state index is 13.3. The van der Waals surface area contributed by atoms with Gasteiger partial charge in [0.1, 0.15) is 0 Å². The molecule has 0 bridgehead atoms. The summed E-state index contributed by atoms with van der Waals surface area (Å²) < 4.78 is 16.2. The Kier molecular flexibility index (Phi) is 7.21. The highest BCUT2D eigenvalue weighted by atomic mass is 32.2. The van der Waals surface area contributed by atoms with Crippen molar-refractivity contribution in [2.45, 2.75) is 29.9 Å². The Hall–Kier alpha value is -2.19. The summed E-state index contributed by atoms with van der Waals surface area (Å²) in [6.45, 7) is 1.49. The van der Waals surface area contributed by atoms with Gasteiger partial charge in [-0.2, -0.15) is 0 Å². The summed E-state index contributed by atoms with van der Waals surface area (Å²) in [6.07, 6.45) is 10.8. The minimum absolute atomic E-state index is 0.00741. The lowest BCUT2D eigenvalue weighted by atomic mass is 9.93. The molecule has 1 aromatic carbocycles. The van der Waals surface area contributed by atoms with Crippen LogP contribution in [-0.4, -0.2) is 49.9 Å². The molecule has 31 heavy (non-hydrogen) atoms. The van der Waals surface area contributed by atoms with Gasteiger partial charge in [-0.05, 0) is 48.1 Å². The number of carbonyl (C=O) groups is 1. The fraction of sp³-hybridized carbons (Fsp3) is 0.435. The monoisotopic (exact) mass is 462 g/mol. The zero-order valence-electron chi connectivity index (χ0n) is 18.7. The molecule has 0 aromatic heterocycles. The van der Waals surface area contributed by atoms with Crippen LogP contribution in [0.5, 0.6) is 17.2 Å². The van der Waals surface area contributed by atoms with Crippen molar-refractivity contribution in [3.63, 3.8) is 0 Å². The Morgan fingerprint density at radius 1 is 1.16 bits per heavy atom. The number of nitrogens with one attached hydrogen (secondary N) is 1. The molecule has 0 fully saturated rings. The summed E-state index contributed by atoms with van der Waals surface area (Å²) >= 11 is 2.98. The van der Waals surface area contributed by atoms with Crippen LogP contribution in [0.25, 0.3) is 5.57 Å². The van der Waals surface area contributed by atoms with E-state index >= 15 is 0 Å². The highest BCUT2D eigenvalue weighted by Gasteiger charge is 2.33. The molecule has 0 saturated carbocycles. The largest absolute Gasteiger partial charge is 0.874 e. The zero-order valence-corrected chi connectivity index (χ0v) is 20.3. The maximum Gasteiger partial charge on any atom is 0.217 e. The average Bonchev–Trinajstić information content (AvgIpc) is 2.99. The predicted octanol–water partition coefficient (Wildman–Crippen LogP) is 3.15. The molecular formula is C23H28NO5S2-. The second-order valence-electron chi connectivity index (χ2n) is 7.26. The molecule has 168 valence electrons. The molecule has 0 radical (unpaired) electrons. The Balaban J connectivity index is 2.37. The van der Waals surface area contributed by atoms with Crippen molar-refractivity contribution in [3.05, 3.63) is 46.8 Å². The third kappa shape index (κ3) is 4.15. The van der Waals surface area contributed by atoms with Crippen molar-refractivity contribution in [3.8, 4) is 17.2 Å². The van der Waals surface area contributed by atoms with E-state index in [2.05, 4.69) is 5.32 Å². The number of hydrogen-bond donors (Lipinski definition) is 1. The minimum Gasteiger partial charge on any atom is -0.874 e. The van der Waals surface area contributed by atoms with Crippen molar-refractivity contribution >= 4 is 35.0 Å². The Morgan fingerprint density at radius 3 is 2.39 bits per heavy atom. The molecule has 2 aliphatic carbocycles. The van der Waals surface area contributed by atoms with Crippen molar-refractivity contribution in [2.75, 3.05) is 33.8 Å². The van der Waals surface area contributed by atoms with Crippen LogP contribution < -0.4 is 24.6 Å². The van der Waals surface area contributed by atoms with E-state index < -0.39 is 4.08 Å². The summed E-state index contributed by atoms with van der Waals surface area (Å²) in [4.78, 5) is 12.0. The second-order valence-corrected chi connectivity index (χ2v) is 9.62. The van der Waals surface area contributed by atoms with E-state index in [0.29, 0.717) is 30.1 Å². The van der Waals surface area contributed by atoms with Gasteiger partial charge in [0.25, 0.3) is 0 Å². The fourth-order valence-electron chi connectivity index (χ4n) is 4.18. The van der Waals surface area contributed by atoms with Gasteiger partial charge < -0.3 is 24.6 Å². The average molecular weight is 463 g/mol. The molecule has 2 aliphatic rings. The van der Waals surface area contributed by atoms with Crippen LogP contribution in [0, 0.1) is 0 Å². The highest BCUT2D eigenvalue weighted by Crippen LogP contribution is 2.50. The van der Waals surface area contributed by atoms with Crippen LogP contribution >= 0.6 is 23.5 Å². The van der Waals surface area contributed by atoms with Gasteiger partial charge in [-0.25, -0.2) is 0 Å². The SMILES string of the molecule is COc1cc2c(c(OC)c1OC)C1=C(C=C([O-])C(SC)(SC)C=C1)[C@@H](NC(C)=O)CC2. The van der Waals surface area contributed by atoms with Gasteiger partial charge in [0.15, 0.2) is 11.5 Å². The number of amides is 1. The van der Waals surface area contributed by atoms with Crippen LogP contribution in [0.3, 0.4) is 0 Å². The molecule has 8 heteroatoms. The van der Waals surface area contributed by atoms with Gasteiger partial charge in [0.2, 0.25) is 11.7 Å². The number of carbonyl (C=O) groups excluding carboxylic acids is 1. The van der Waals surface area contributed by atoms with Crippen molar-refractivity contribution in [1.29, 1.82) is 0 Å². The van der Waals surface area contributed by atoms with E-state index in [4.69, 9.17) is 14.2 Å². The van der Waals surface area contributed by atoms with Gasteiger partial charge in [0.05, 0.1) is 31.5 Å². The molecule has 6 nitrogen and oxygen atoms in total. The van der Waals surface area contributed by atoms with Crippen LogP contribution in [0.1, 0.15) is 24.5 Å². The molecule has 0 saturated heterocycles. The van der Waals surface area contributed by atoms with Gasteiger partial charge in [0, 0.05) is 12.5 Å². The molecule has 1 atom stereocenters. The second kappa shape index (κ2) is 9.53. The van der Waals surface area contributed by atoms with E-state index in [9.17, 15) is 9.90 Å².